The van der Waals surface area contributed by atoms with Crippen LogP contribution in [0.4, 0.5) is 0 Å². The molecule has 0 unspecified atom stereocenters. The molecule has 0 spiro atoms. The first kappa shape index (κ1) is 8.24. The first-order chi connectivity index (χ1) is 5.79. The Balaban J connectivity index is 2.12. The lowest BCUT2D eigenvalue weighted by Crippen LogP contribution is -2.49. The zero-order chi connectivity index (χ0) is 8.55. The van der Waals surface area contributed by atoms with Crippen LogP contribution < -0.4 is 0 Å². The zero-order valence-corrected chi connectivity index (χ0v) is 7.75. The number of ketones is 1. The van der Waals surface area contributed by atoms with Crippen LogP contribution >= 0.6 is 0 Å². The Bertz CT molecular complexity index is 188. The van der Waals surface area contributed by atoms with E-state index in [0.717, 1.165) is 19.4 Å². The van der Waals surface area contributed by atoms with Crippen molar-refractivity contribution in [3.05, 3.63) is 0 Å². The van der Waals surface area contributed by atoms with Gasteiger partial charge in [0.2, 0.25) is 0 Å². The van der Waals surface area contributed by atoms with Gasteiger partial charge in [0, 0.05) is 6.42 Å². The van der Waals surface area contributed by atoms with Crippen LogP contribution in [0.5, 0.6) is 0 Å². The molecule has 0 aromatic carbocycles. The Kier molecular flexibility index (Phi) is 2.18. The minimum atomic E-state index is 0.285. The number of rotatable bonds is 0. The highest BCUT2D eigenvalue weighted by molar-refractivity contribution is 5.85. The van der Waals surface area contributed by atoms with Crippen molar-refractivity contribution in [1.29, 1.82) is 0 Å². The predicted molar refractivity (Wildman–Crippen MR) is 48.0 cm³/mol. The molecule has 2 atom stereocenters. The number of hydrogen-bond acceptors (Lipinski definition) is 2. The predicted octanol–water partition coefficient (Wildman–Crippen LogP) is 1.45. The van der Waals surface area contributed by atoms with E-state index in [1.165, 1.54) is 19.3 Å². The summed E-state index contributed by atoms with van der Waals surface area (Å²) < 4.78 is 0. The molecule has 2 aliphatic rings. The fraction of sp³-hybridized carbons (Fsp3) is 0.900. The average Bonchev–Trinajstić information content (AvgIpc) is 2.04. The standard InChI is InChI=1S/C10H17NO/c1-11-7-3-5-8-4-2-6-9(12)10(8)11/h8,10H,2-7H2,1H3/t8-,10-/m1/s1. The molecule has 68 valence electrons. The minimum absolute atomic E-state index is 0.285. The van der Waals surface area contributed by atoms with Crippen LogP contribution in [0, 0.1) is 5.92 Å². The van der Waals surface area contributed by atoms with Gasteiger partial charge in [-0.1, -0.05) is 0 Å². The number of carbonyl (C=O) groups excluding carboxylic acids is 1. The third-order valence-corrected chi connectivity index (χ3v) is 3.34. The number of nitrogens with zero attached hydrogens (tertiary/aromatic N) is 1. The van der Waals surface area contributed by atoms with Gasteiger partial charge in [-0.05, 0) is 45.2 Å². The lowest BCUT2D eigenvalue weighted by atomic mass is 9.78. The number of piperidine rings is 1. The van der Waals surface area contributed by atoms with Crippen LogP contribution in [0.15, 0.2) is 0 Å². The van der Waals surface area contributed by atoms with Crippen LogP contribution in [-0.4, -0.2) is 30.3 Å². The van der Waals surface area contributed by atoms with Crippen LogP contribution in [-0.2, 0) is 4.79 Å². The SMILES string of the molecule is CN1CCC[C@H]2CCCC(=O)[C@@H]21. The van der Waals surface area contributed by atoms with Crippen LogP contribution in [0.25, 0.3) is 0 Å². The summed E-state index contributed by atoms with van der Waals surface area (Å²) in [6.07, 6.45) is 5.80. The molecule has 0 aromatic rings. The molecule has 1 aliphatic heterocycles. The van der Waals surface area contributed by atoms with Gasteiger partial charge in [0.25, 0.3) is 0 Å². The number of hydrogen-bond donors (Lipinski definition) is 0. The first-order valence-electron chi connectivity index (χ1n) is 5.02. The Hall–Kier alpha value is -0.370. The Morgan fingerprint density at radius 1 is 1.33 bits per heavy atom. The molecule has 0 bridgehead atoms. The van der Waals surface area contributed by atoms with Gasteiger partial charge in [-0.25, -0.2) is 0 Å². The molecule has 0 N–H and O–H groups in total. The van der Waals surface area contributed by atoms with Crippen molar-refractivity contribution < 1.29 is 4.79 Å². The molecule has 2 fully saturated rings. The van der Waals surface area contributed by atoms with Crippen molar-refractivity contribution in [2.75, 3.05) is 13.6 Å². The Morgan fingerprint density at radius 2 is 2.08 bits per heavy atom. The Labute approximate surface area is 73.9 Å². The minimum Gasteiger partial charge on any atom is -0.298 e. The molecule has 0 aromatic heterocycles. The van der Waals surface area contributed by atoms with E-state index in [1.54, 1.807) is 0 Å². The molecule has 1 aliphatic carbocycles. The smallest absolute Gasteiger partial charge is 0.150 e. The molecule has 2 nitrogen and oxygen atoms in total. The summed E-state index contributed by atoms with van der Waals surface area (Å²) in [4.78, 5) is 13.9. The molecule has 0 amide bonds. The molecule has 2 rings (SSSR count). The maximum absolute atomic E-state index is 11.6. The van der Waals surface area contributed by atoms with Gasteiger partial charge in [-0.3, -0.25) is 9.69 Å². The lowest BCUT2D eigenvalue weighted by Gasteiger charge is -2.40. The average molecular weight is 167 g/mol. The van der Waals surface area contributed by atoms with Gasteiger partial charge in [0.15, 0.2) is 0 Å². The number of Topliss-reactive ketones (excluding diaryl/α,β-unsaturated/α-hetero) is 1. The van der Waals surface area contributed by atoms with Crippen molar-refractivity contribution in [3.63, 3.8) is 0 Å². The fourth-order valence-electron chi connectivity index (χ4n) is 2.76. The second kappa shape index (κ2) is 3.17. The quantitative estimate of drug-likeness (QED) is 0.544. The van der Waals surface area contributed by atoms with Gasteiger partial charge in [-0.15, -0.1) is 0 Å². The molecule has 1 heterocycles. The van der Waals surface area contributed by atoms with Gasteiger partial charge in [-0.2, -0.15) is 0 Å². The molecular formula is C10H17NO. The largest absolute Gasteiger partial charge is 0.298 e. The summed E-state index contributed by atoms with van der Waals surface area (Å²) in [6, 6.07) is 0.285. The van der Waals surface area contributed by atoms with Crippen LogP contribution in [0.3, 0.4) is 0 Å². The number of likely N-dealkylation sites (tertiary alicyclic amines) is 1. The highest BCUT2D eigenvalue weighted by atomic mass is 16.1. The number of fused-ring (bicyclic) bond motifs is 1. The van der Waals surface area contributed by atoms with E-state index in [-0.39, 0.29) is 6.04 Å². The van der Waals surface area contributed by atoms with Crippen LogP contribution in [0.1, 0.15) is 32.1 Å². The van der Waals surface area contributed by atoms with E-state index in [9.17, 15) is 4.79 Å². The molecule has 1 saturated heterocycles. The summed E-state index contributed by atoms with van der Waals surface area (Å²) in [5.41, 5.74) is 0. The summed E-state index contributed by atoms with van der Waals surface area (Å²) in [6.45, 7) is 1.12. The molecule has 12 heavy (non-hydrogen) atoms. The Morgan fingerprint density at radius 3 is 2.83 bits per heavy atom. The molecular weight excluding hydrogens is 150 g/mol. The zero-order valence-electron chi connectivity index (χ0n) is 7.75. The van der Waals surface area contributed by atoms with Crippen molar-refractivity contribution in [2.45, 2.75) is 38.1 Å². The van der Waals surface area contributed by atoms with Crippen molar-refractivity contribution in [3.8, 4) is 0 Å². The summed E-state index contributed by atoms with van der Waals surface area (Å²) in [5, 5.41) is 0. The van der Waals surface area contributed by atoms with Crippen molar-refractivity contribution in [2.24, 2.45) is 5.92 Å². The van der Waals surface area contributed by atoms with E-state index in [4.69, 9.17) is 0 Å². The van der Waals surface area contributed by atoms with Gasteiger partial charge in [0.05, 0.1) is 6.04 Å². The normalized spacial score (nSPS) is 37.9. The topological polar surface area (TPSA) is 20.3 Å². The maximum atomic E-state index is 11.6. The number of carbonyl (C=O) groups is 1. The summed E-state index contributed by atoms with van der Waals surface area (Å²) in [7, 11) is 2.10. The van der Waals surface area contributed by atoms with Gasteiger partial charge in [0.1, 0.15) is 5.78 Å². The first-order valence-corrected chi connectivity index (χ1v) is 5.02. The summed E-state index contributed by atoms with van der Waals surface area (Å²) in [5.74, 6) is 1.18. The molecule has 2 heteroatoms. The van der Waals surface area contributed by atoms with Crippen molar-refractivity contribution in [1.82, 2.24) is 4.90 Å². The van der Waals surface area contributed by atoms with Crippen LogP contribution in [0.2, 0.25) is 0 Å². The van der Waals surface area contributed by atoms with E-state index >= 15 is 0 Å². The second-order valence-corrected chi connectivity index (χ2v) is 4.19. The van der Waals surface area contributed by atoms with E-state index in [1.807, 2.05) is 0 Å². The van der Waals surface area contributed by atoms with E-state index in [2.05, 4.69) is 11.9 Å². The highest BCUT2D eigenvalue weighted by Gasteiger charge is 2.36. The fourth-order valence-corrected chi connectivity index (χ4v) is 2.76. The highest BCUT2D eigenvalue weighted by Crippen LogP contribution is 2.32. The maximum Gasteiger partial charge on any atom is 0.150 e. The lowest BCUT2D eigenvalue weighted by molar-refractivity contribution is -0.129. The van der Waals surface area contributed by atoms with Gasteiger partial charge >= 0.3 is 0 Å². The summed E-state index contributed by atoms with van der Waals surface area (Å²) >= 11 is 0. The van der Waals surface area contributed by atoms with E-state index in [0.29, 0.717) is 11.7 Å². The number of likely N-dealkylation sites (N-methyl/N-ethyl adjacent to an activating group) is 1. The third-order valence-electron chi connectivity index (χ3n) is 3.34. The second-order valence-electron chi connectivity index (χ2n) is 4.19. The molecule has 1 saturated carbocycles. The molecule has 0 radical (unpaired) electrons. The third kappa shape index (κ3) is 1.28. The monoisotopic (exact) mass is 167 g/mol. The van der Waals surface area contributed by atoms with Crippen molar-refractivity contribution >= 4 is 5.78 Å². The van der Waals surface area contributed by atoms with E-state index < -0.39 is 0 Å². The van der Waals surface area contributed by atoms with Gasteiger partial charge < -0.3 is 0 Å².